The predicted molar refractivity (Wildman–Crippen MR) is 469 cm³/mol. The van der Waals surface area contributed by atoms with Gasteiger partial charge in [0.05, 0.1) is 26.9 Å². The molecule has 4 aliphatic carbocycles. The van der Waals surface area contributed by atoms with Crippen LogP contribution in [0.4, 0.5) is 36.2 Å². The number of nitrogens with one attached hydrogen (secondary N) is 2. The Morgan fingerprint density at radius 2 is 0.825 bits per heavy atom. The molecule has 0 spiro atoms. The number of Topliss-reactive ketones (excluding diaryl/α,β-unsaturated/α-hetero) is 1. The lowest BCUT2D eigenvalue weighted by Crippen LogP contribution is -2.48. The summed E-state index contributed by atoms with van der Waals surface area (Å²) in [5.74, 6) is -1.33. The number of methoxy groups -OCH3 is 2. The quantitative estimate of drug-likeness (QED) is 0.0391. The normalized spacial score (nSPS) is 17.4. The van der Waals surface area contributed by atoms with E-state index in [1.807, 2.05) is 108 Å². The van der Waals surface area contributed by atoms with E-state index < -0.39 is 53.4 Å². The summed E-state index contributed by atoms with van der Waals surface area (Å²) in [6.07, 6.45) is 20.1. The van der Waals surface area contributed by atoms with Crippen molar-refractivity contribution in [3.8, 4) is 0 Å². The Bertz CT molecular complexity index is 4130. The second-order valence-corrected chi connectivity index (χ2v) is 38.7. The SMILES string of the molecule is CC(C(=O)Nc1ccc2c(c1)CCC2)=C1CCN(C(=O)OC(C)(C)C)CC1.CC(C(=O)O)=C1CCN(C(=O)OC(C)(C)C)CC1.CC(C)(C)OC(=O)N1CCC(C(N)C(=O)Nc2ccc3c(c2)CCC3)CC1.CCOP(C)(=O)C(C)C(=O)OC.COC(=O)C(C)=C1CCN(C(=O)OC(C)(C)C)CC1.Nc1ccc2c(c1)CCC2.O=C1CCCCC1. The molecule has 5 fully saturated rings. The van der Waals surface area contributed by atoms with Crippen LogP contribution in [0.15, 0.2) is 88.0 Å². The Morgan fingerprint density at radius 1 is 0.475 bits per heavy atom. The van der Waals surface area contributed by atoms with E-state index in [-0.39, 0.29) is 48.1 Å². The van der Waals surface area contributed by atoms with Gasteiger partial charge in [0.1, 0.15) is 33.8 Å². The number of carboxylic acids is 1. The van der Waals surface area contributed by atoms with Crippen molar-refractivity contribution in [3.05, 3.63) is 121 Å². The molecule has 3 atom stereocenters. The molecule has 4 saturated heterocycles. The molecule has 27 nitrogen and oxygen atoms in total. The number of benzene rings is 3. The van der Waals surface area contributed by atoms with Gasteiger partial charge in [-0.25, -0.2) is 28.8 Å². The fourth-order valence-electron chi connectivity index (χ4n) is 14.6. The lowest BCUT2D eigenvalue weighted by molar-refractivity contribution is -0.140. The summed E-state index contributed by atoms with van der Waals surface area (Å²) >= 11 is 0. The van der Waals surface area contributed by atoms with Gasteiger partial charge in [-0.05, 0) is 315 Å². The van der Waals surface area contributed by atoms with E-state index in [2.05, 4.69) is 51.8 Å². The number of hydrogen-bond acceptors (Lipinski definition) is 20. The number of ketones is 1. The number of carbonyl (C=O) groups excluding carboxylic acids is 9. The Labute approximate surface area is 713 Å². The molecule has 4 aliphatic heterocycles. The van der Waals surface area contributed by atoms with Crippen molar-refractivity contribution in [2.75, 3.05) is 96.2 Å². The molecule has 3 aromatic carbocycles. The first-order valence-corrected chi connectivity index (χ1v) is 44.8. The fraction of sp³-hybridized carbons (Fsp3) is 0.630. The molecule has 11 rings (SSSR count). The predicted octanol–water partition coefficient (Wildman–Crippen LogP) is 17.2. The van der Waals surface area contributed by atoms with E-state index in [9.17, 15) is 52.5 Å². The van der Waals surface area contributed by atoms with E-state index in [1.54, 1.807) is 47.3 Å². The zero-order valence-electron chi connectivity index (χ0n) is 75.5. The number of carboxylic acid groups (broad SMARTS) is 1. The third-order valence-electron chi connectivity index (χ3n) is 21.7. The number of nitrogens with two attached hydrogens (primary N) is 2. The highest BCUT2D eigenvalue weighted by atomic mass is 31.2. The molecule has 4 heterocycles. The number of esters is 2. The number of ether oxygens (including phenoxy) is 6. The zero-order valence-corrected chi connectivity index (χ0v) is 76.4. The first-order valence-electron chi connectivity index (χ1n) is 42.7. The van der Waals surface area contributed by atoms with Gasteiger partial charge < -0.3 is 79.8 Å². The van der Waals surface area contributed by atoms with Crippen LogP contribution in [0.25, 0.3) is 0 Å². The van der Waals surface area contributed by atoms with Crippen LogP contribution >= 0.6 is 7.37 Å². The first-order chi connectivity index (χ1) is 56.1. The van der Waals surface area contributed by atoms with Gasteiger partial charge in [0.2, 0.25) is 13.3 Å². The average molecular weight is 1690 g/mol. The maximum absolute atomic E-state index is 12.6. The highest BCUT2D eigenvalue weighted by Crippen LogP contribution is 2.48. The fourth-order valence-corrected chi connectivity index (χ4v) is 15.8. The molecule has 8 aliphatic rings. The Kier molecular flexibility index (Phi) is 40.1. The number of aliphatic carboxylic acids is 1. The zero-order chi connectivity index (χ0) is 89.6. The van der Waals surface area contributed by atoms with Gasteiger partial charge >= 0.3 is 42.3 Å². The van der Waals surface area contributed by atoms with Gasteiger partial charge in [-0.1, -0.05) is 41.3 Å². The van der Waals surface area contributed by atoms with Crippen molar-refractivity contribution in [1.29, 1.82) is 0 Å². The van der Waals surface area contributed by atoms with E-state index in [1.165, 1.54) is 92.8 Å². The molecule has 668 valence electrons. The standard InChI is InChI=1S/C22H30N2O3.C21H31N3O3.C14H23NO4.C13H21NO4.C9H11N.C7H15O4P.C6H10O/c1-15(16-10-12-24(13-11-16)21(26)27-22(2,3)4)20(25)23-19-9-8-17-6-5-7-18(17)14-19;1-21(2,3)27-20(26)24-11-9-15(10-12-24)18(22)19(25)23-17-8-7-14-5-4-6-16(14)13-17;1-10(12(16)18-5)11-6-8-15(9-7-11)13(17)19-14(2,3)4;1-9(11(15)16)10-5-7-14(8-6-10)12(17)18-13(2,3)4;10-9-5-4-7-2-1-3-8(7)6-9;1-5-11-12(4,9)6(2)7(8)10-3;7-6-4-2-1-3-5-6/h8-9,14H,5-7,10-13H2,1-4H3,(H,23,25);7-8,13,15,18H,4-6,9-12,22H2,1-3H3,(H,23,25);6-9H2,1-5H3;5-8H2,1-4H3,(H,15,16);4-6H,1-3,10H2;6H,5H2,1-4H3;1-5H2. The van der Waals surface area contributed by atoms with Gasteiger partial charge in [0.15, 0.2) is 0 Å². The largest absolute Gasteiger partial charge is 0.478 e. The van der Waals surface area contributed by atoms with Gasteiger partial charge in [-0.3, -0.25) is 23.7 Å². The molecule has 28 heteroatoms. The minimum atomic E-state index is -2.83. The van der Waals surface area contributed by atoms with Gasteiger partial charge in [0.25, 0.3) is 5.91 Å². The topological polar surface area (TPSA) is 362 Å². The average Bonchev–Trinajstić information content (AvgIpc) is 1.14. The van der Waals surface area contributed by atoms with Crippen LogP contribution in [-0.4, -0.2) is 199 Å². The van der Waals surface area contributed by atoms with Crippen LogP contribution < -0.4 is 22.1 Å². The van der Waals surface area contributed by atoms with Crippen LogP contribution in [-0.2, 0) is 105 Å². The molecule has 3 aromatic rings. The number of rotatable bonds is 11. The minimum Gasteiger partial charge on any atom is -0.478 e. The van der Waals surface area contributed by atoms with Crippen LogP contribution in [0.2, 0.25) is 0 Å². The highest BCUT2D eigenvalue weighted by Gasteiger charge is 2.35. The monoisotopic (exact) mass is 1690 g/mol. The van der Waals surface area contributed by atoms with Crippen LogP contribution in [0.5, 0.6) is 0 Å². The maximum Gasteiger partial charge on any atom is 0.410 e. The highest BCUT2D eigenvalue weighted by molar-refractivity contribution is 7.59. The summed E-state index contributed by atoms with van der Waals surface area (Å²) in [6, 6.07) is 18.0. The van der Waals surface area contributed by atoms with Crippen LogP contribution in [0.3, 0.4) is 0 Å². The van der Waals surface area contributed by atoms with Crippen molar-refractivity contribution in [3.63, 3.8) is 0 Å². The summed E-state index contributed by atoms with van der Waals surface area (Å²) < 4.78 is 47.2. The van der Waals surface area contributed by atoms with Crippen molar-refractivity contribution >= 4 is 84.3 Å². The Morgan fingerprint density at radius 3 is 1.18 bits per heavy atom. The van der Waals surface area contributed by atoms with Crippen molar-refractivity contribution < 1.29 is 90.6 Å². The maximum atomic E-state index is 12.6. The van der Waals surface area contributed by atoms with Gasteiger partial charge in [-0.15, -0.1) is 0 Å². The molecular weight excluding hydrogens is 1550 g/mol. The molecule has 0 aromatic heterocycles. The van der Waals surface area contributed by atoms with Gasteiger partial charge in [0, 0.05) is 106 Å². The van der Waals surface area contributed by atoms with E-state index in [0.29, 0.717) is 127 Å². The second-order valence-electron chi connectivity index (χ2n) is 35.8. The van der Waals surface area contributed by atoms with E-state index in [4.69, 9.17) is 44.8 Å². The second kappa shape index (κ2) is 47.4. The number of amides is 6. The summed E-state index contributed by atoms with van der Waals surface area (Å²) in [7, 11) is -0.185. The van der Waals surface area contributed by atoms with Crippen molar-refractivity contribution in [2.45, 2.75) is 293 Å². The minimum absolute atomic E-state index is 0.0475. The van der Waals surface area contributed by atoms with Crippen molar-refractivity contribution in [1.82, 2.24) is 19.6 Å². The first kappa shape index (κ1) is 101. The van der Waals surface area contributed by atoms with Crippen LogP contribution in [0.1, 0.15) is 254 Å². The lowest BCUT2D eigenvalue weighted by Gasteiger charge is -2.35. The molecule has 6 amide bonds. The van der Waals surface area contributed by atoms with Gasteiger partial charge in [-0.2, -0.15) is 0 Å². The Hall–Kier alpha value is -9.07. The number of carbonyl (C=O) groups is 10. The number of aryl methyl sites for hydroxylation is 6. The molecule has 3 unspecified atom stereocenters. The van der Waals surface area contributed by atoms with E-state index in [0.717, 1.165) is 90.7 Å². The third-order valence-corrected chi connectivity index (χ3v) is 24.1. The summed E-state index contributed by atoms with van der Waals surface area (Å²) in [4.78, 5) is 124. The number of piperidine rings is 4. The smallest absolute Gasteiger partial charge is 0.410 e. The summed E-state index contributed by atoms with van der Waals surface area (Å²) in [5.41, 5.74) is 25.1. The number of nitrogen functional groups attached to an aromatic ring is 1. The number of anilines is 3. The Balaban J connectivity index is 0.000000259. The number of hydrogen-bond donors (Lipinski definition) is 5. The van der Waals surface area contributed by atoms with Crippen LogP contribution in [0, 0.1) is 5.92 Å². The molecule has 120 heavy (non-hydrogen) atoms. The third kappa shape index (κ3) is 35.2. The van der Waals surface area contributed by atoms with Crippen molar-refractivity contribution in [2.24, 2.45) is 11.7 Å². The molecular formula is C92H141N8O19P. The molecule has 0 radical (unpaired) electrons. The summed E-state index contributed by atoms with van der Waals surface area (Å²) in [6.45, 7) is 37.1. The lowest BCUT2D eigenvalue weighted by atomic mass is 9.89. The van der Waals surface area contributed by atoms with E-state index >= 15 is 0 Å². The molecule has 0 bridgehead atoms. The molecule has 1 saturated carbocycles. The number of likely N-dealkylation sites (tertiary alicyclic amines) is 4. The number of fused-ring (bicyclic) bond motifs is 3. The summed E-state index contributed by atoms with van der Waals surface area (Å²) in [5, 5.41) is 14.9. The number of nitrogens with zero attached hydrogens (tertiary/aromatic N) is 4. The molecule has 7 N–H and O–H groups in total.